The predicted molar refractivity (Wildman–Crippen MR) is 118 cm³/mol. The maximum Gasteiger partial charge on any atom is 0.255 e. The molecule has 0 unspecified atom stereocenters. The van der Waals surface area contributed by atoms with E-state index in [2.05, 4.69) is 15.4 Å². The van der Waals surface area contributed by atoms with Crippen LogP contribution in [0, 0.1) is 0 Å². The zero-order valence-electron chi connectivity index (χ0n) is 17.0. The molecule has 2 aromatic carbocycles. The Morgan fingerprint density at radius 3 is 2.30 bits per heavy atom. The van der Waals surface area contributed by atoms with E-state index in [1.54, 1.807) is 49.4 Å². The van der Waals surface area contributed by atoms with Gasteiger partial charge >= 0.3 is 0 Å². The van der Waals surface area contributed by atoms with Crippen LogP contribution in [0.4, 0.5) is 11.4 Å². The maximum atomic E-state index is 12.5. The Morgan fingerprint density at radius 1 is 0.933 bits per heavy atom. The summed E-state index contributed by atoms with van der Waals surface area (Å²) in [4.78, 5) is 24.8. The Labute approximate surface area is 177 Å². The number of anilines is 2. The predicted octanol–water partition coefficient (Wildman–Crippen LogP) is 3.76. The quantitative estimate of drug-likeness (QED) is 0.594. The first-order valence-corrected chi connectivity index (χ1v) is 11.8. The smallest absolute Gasteiger partial charge is 0.255 e. The molecule has 3 rings (SSSR count). The topological polar surface area (TPSA) is 104 Å². The van der Waals surface area contributed by atoms with Crippen molar-refractivity contribution in [3.05, 3.63) is 59.7 Å². The maximum absolute atomic E-state index is 12.5. The van der Waals surface area contributed by atoms with Crippen molar-refractivity contribution >= 4 is 33.2 Å². The fourth-order valence-corrected chi connectivity index (χ4v) is 4.60. The third kappa shape index (κ3) is 6.06. The standard InChI is InChI=1S/C22H27N3O4S/c1-2-14-30(28,29)25-20-9-5-6-17(15-20)22(27)24-19-12-10-16(11-13-19)21(26)23-18-7-3-4-8-18/h5-6,9-13,15,18,25H,2-4,7-8,14H2,1H3,(H,23,26)(H,24,27). The molecule has 0 aliphatic heterocycles. The van der Waals surface area contributed by atoms with Gasteiger partial charge in [-0.05, 0) is 61.7 Å². The zero-order chi connectivity index (χ0) is 21.6. The molecule has 0 bridgehead atoms. The van der Waals surface area contributed by atoms with Crippen molar-refractivity contribution in [3.63, 3.8) is 0 Å². The summed E-state index contributed by atoms with van der Waals surface area (Å²) in [5.41, 5.74) is 1.77. The van der Waals surface area contributed by atoms with Crippen LogP contribution in [0.5, 0.6) is 0 Å². The summed E-state index contributed by atoms with van der Waals surface area (Å²) in [6.45, 7) is 1.78. The van der Waals surface area contributed by atoms with Gasteiger partial charge in [-0.1, -0.05) is 25.8 Å². The molecule has 1 aliphatic carbocycles. The first-order valence-electron chi connectivity index (χ1n) is 10.2. The normalized spacial score (nSPS) is 14.3. The van der Waals surface area contributed by atoms with Gasteiger partial charge in [0.1, 0.15) is 0 Å². The largest absolute Gasteiger partial charge is 0.349 e. The first kappa shape index (κ1) is 21.8. The van der Waals surface area contributed by atoms with Crippen molar-refractivity contribution in [2.45, 2.75) is 45.1 Å². The molecule has 2 aromatic rings. The van der Waals surface area contributed by atoms with Crippen LogP contribution in [0.15, 0.2) is 48.5 Å². The van der Waals surface area contributed by atoms with Gasteiger partial charge in [0.15, 0.2) is 0 Å². The minimum atomic E-state index is -3.43. The fraction of sp³-hybridized carbons (Fsp3) is 0.364. The highest BCUT2D eigenvalue weighted by atomic mass is 32.2. The third-order valence-corrected chi connectivity index (χ3v) is 6.46. The monoisotopic (exact) mass is 429 g/mol. The van der Waals surface area contributed by atoms with E-state index in [1.165, 1.54) is 6.07 Å². The SMILES string of the molecule is CCCS(=O)(=O)Nc1cccc(C(=O)Nc2ccc(C(=O)NC3CCCC3)cc2)c1. The number of amides is 2. The van der Waals surface area contributed by atoms with Gasteiger partial charge in [-0.25, -0.2) is 8.42 Å². The van der Waals surface area contributed by atoms with Crippen molar-refractivity contribution < 1.29 is 18.0 Å². The van der Waals surface area contributed by atoms with E-state index in [9.17, 15) is 18.0 Å². The molecule has 0 saturated heterocycles. The molecule has 1 fully saturated rings. The average molecular weight is 430 g/mol. The average Bonchev–Trinajstić information content (AvgIpc) is 3.21. The van der Waals surface area contributed by atoms with E-state index >= 15 is 0 Å². The van der Waals surface area contributed by atoms with Gasteiger partial charge in [-0.3, -0.25) is 14.3 Å². The lowest BCUT2D eigenvalue weighted by molar-refractivity contribution is 0.0937. The van der Waals surface area contributed by atoms with Crippen LogP contribution in [0.2, 0.25) is 0 Å². The minimum absolute atomic E-state index is 0.0180. The molecule has 0 radical (unpaired) electrons. The molecule has 160 valence electrons. The van der Waals surface area contributed by atoms with E-state index in [-0.39, 0.29) is 23.6 Å². The lowest BCUT2D eigenvalue weighted by atomic mass is 10.1. The number of carbonyl (C=O) groups is 2. The van der Waals surface area contributed by atoms with Crippen molar-refractivity contribution in [2.75, 3.05) is 15.8 Å². The number of sulfonamides is 1. The van der Waals surface area contributed by atoms with Gasteiger partial charge in [0, 0.05) is 28.5 Å². The Morgan fingerprint density at radius 2 is 1.63 bits per heavy atom. The van der Waals surface area contributed by atoms with E-state index in [0.29, 0.717) is 28.9 Å². The second-order valence-corrected chi connectivity index (χ2v) is 9.33. The molecule has 7 nitrogen and oxygen atoms in total. The lowest BCUT2D eigenvalue weighted by Crippen LogP contribution is -2.32. The van der Waals surface area contributed by atoms with E-state index < -0.39 is 10.0 Å². The molecule has 8 heteroatoms. The lowest BCUT2D eigenvalue weighted by Gasteiger charge is -2.12. The highest BCUT2D eigenvalue weighted by molar-refractivity contribution is 7.92. The molecule has 0 atom stereocenters. The summed E-state index contributed by atoms with van der Waals surface area (Å²) in [5, 5.41) is 5.80. The van der Waals surface area contributed by atoms with Gasteiger partial charge in [0.25, 0.3) is 11.8 Å². The van der Waals surface area contributed by atoms with Gasteiger partial charge < -0.3 is 10.6 Å². The third-order valence-electron chi connectivity index (χ3n) is 4.97. The Bertz CT molecular complexity index is 997. The summed E-state index contributed by atoms with van der Waals surface area (Å²) < 4.78 is 26.3. The number of benzene rings is 2. The Balaban J connectivity index is 1.61. The van der Waals surface area contributed by atoms with E-state index in [1.807, 2.05) is 0 Å². The van der Waals surface area contributed by atoms with Gasteiger partial charge in [0.2, 0.25) is 10.0 Å². The molecule has 30 heavy (non-hydrogen) atoms. The number of nitrogens with one attached hydrogen (secondary N) is 3. The Hall–Kier alpha value is -2.87. The van der Waals surface area contributed by atoms with E-state index in [0.717, 1.165) is 25.7 Å². The number of hydrogen-bond acceptors (Lipinski definition) is 4. The summed E-state index contributed by atoms with van der Waals surface area (Å²) in [7, 11) is -3.43. The first-order chi connectivity index (χ1) is 14.4. The number of hydrogen-bond donors (Lipinski definition) is 3. The molecule has 0 aromatic heterocycles. The van der Waals surface area contributed by atoms with Crippen molar-refractivity contribution in [1.29, 1.82) is 0 Å². The summed E-state index contributed by atoms with van der Waals surface area (Å²) in [5.74, 6) is -0.453. The minimum Gasteiger partial charge on any atom is -0.349 e. The van der Waals surface area contributed by atoms with Crippen molar-refractivity contribution in [3.8, 4) is 0 Å². The summed E-state index contributed by atoms with van der Waals surface area (Å²) >= 11 is 0. The molecular weight excluding hydrogens is 402 g/mol. The second-order valence-electron chi connectivity index (χ2n) is 7.49. The molecule has 1 aliphatic rings. The molecule has 0 heterocycles. The van der Waals surface area contributed by atoms with Crippen LogP contribution in [-0.2, 0) is 10.0 Å². The highest BCUT2D eigenvalue weighted by Gasteiger charge is 2.18. The van der Waals surface area contributed by atoms with Gasteiger partial charge in [-0.2, -0.15) is 0 Å². The van der Waals surface area contributed by atoms with Crippen LogP contribution < -0.4 is 15.4 Å². The fourth-order valence-electron chi connectivity index (χ4n) is 3.47. The van der Waals surface area contributed by atoms with Crippen LogP contribution in [0.1, 0.15) is 59.7 Å². The van der Waals surface area contributed by atoms with Gasteiger partial charge in [-0.15, -0.1) is 0 Å². The number of rotatable bonds is 8. The molecule has 2 amide bonds. The zero-order valence-corrected chi connectivity index (χ0v) is 17.8. The van der Waals surface area contributed by atoms with Crippen LogP contribution in [-0.4, -0.2) is 32.0 Å². The highest BCUT2D eigenvalue weighted by Crippen LogP contribution is 2.19. The van der Waals surface area contributed by atoms with Crippen LogP contribution in [0.3, 0.4) is 0 Å². The molecule has 0 spiro atoms. The Kier molecular flexibility index (Phi) is 7.10. The van der Waals surface area contributed by atoms with Gasteiger partial charge in [0.05, 0.1) is 5.75 Å². The molecule has 3 N–H and O–H groups in total. The number of carbonyl (C=O) groups excluding carboxylic acids is 2. The van der Waals surface area contributed by atoms with Crippen LogP contribution in [0.25, 0.3) is 0 Å². The van der Waals surface area contributed by atoms with Crippen molar-refractivity contribution in [1.82, 2.24) is 5.32 Å². The van der Waals surface area contributed by atoms with Crippen molar-refractivity contribution in [2.24, 2.45) is 0 Å². The second kappa shape index (κ2) is 9.75. The van der Waals surface area contributed by atoms with Crippen LogP contribution >= 0.6 is 0 Å². The summed E-state index contributed by atoms with van der Waals surface area (Å²) in [6, 6.07) is 13.3. The molecular formula is C22H27N3O4S. The molecule has 1 saturated carbocycles. The van der Waals surface area contributed by atoms with E-state index in [4.69, 9.17) is 0 Å². The summed E-state index contributed by atoms with van der Waals surface area (Å²) in [6.07, 6.45) is 4.85.